The Bertz CT molecular complexity index is 1550. The molecule has 4 N–H and O–H groups in total. The molecule has 1 aromatic heterocycles. The average Bonchev–Trinajstić information content (AvgIpc) is 2.89. The molecule has 36 heavy (non-hydrogen) atoms. The zero-order valence-electron chi connectivity index (χ0n) is 18.4. The molecule has 12 heteroatoms. The molecule has 0 spiro atoms. The van der Waals surface area contributed by atoms with E-state index in [0.717, 1.165) is 24.4 Å². The first-order valence-electron chi connectivity index (χ1n) is 10.5. The van der Waals surface area contributed by atoms with Gasteiger partial charge in [-0.05, 0) is 24.3 Å². The van der Waals surface area contributed by atoms with Gasteiger partial charge in [-0.25, -0.2) is 10.5 Å². The number of phenolic OH excluding ortho intramolecular Hbond substituents is 1. The van der Waals surface area contributed by atoms with E-state index in [4.69, 9.17) is 0 Å². The molecule has 0 unspecified atom stereocenters. The van der Waals surface area contributed by atoms with Gasteiger partial charge < -0.3 is 10.4 Å². The van der Waals surface area contributed by atoms with E-state index in [1.165, 1.54) is 0 Å². The number of nitrogens with one attached hydrogen (secondary N) is 3. The molecule has 0 bridgehead atoms. The van der Waals surface area contributed by atoms with E-state index in [2.05, 4.69) is 26.0 Å². The number of hydrogen-bond donors (Lipinski definition) is 4. The lowest BCUT2D eigenvalue weighted by molar-refractivity contribution is -0.384. The van der Waals surface area contributed by atoms with Crippen molar-refractivity contribution in [3.63, 3.8) is 0 Å². The third-order valence-corrected chi connectivity index (χ3v) is 5.17. The summed E-state index contributed by atoms with van der Waals surface area (Å²) in [5.74, 6) is -1.68. The number of rotatable bonds is 7. The van der Waals surface area contributed by atoms with Crippen molar-refractivity contribution >= 4 is 34.5 Å². The molecule has 1 atom stereocenters. The number of fused-ring (bicyclic) bond motifs is 1. The number of benzene rings is 3. The summed E-state index contributed by atoms with van der Waals surface area (Å²) >= 11 is 0. The van der Waals surface area contributed by atoms with E-state index in [-0.39, 0.29) is 33.6 Å². The average molecular weight is 486 g/mol. The van der Waals surface area contributed by atoms with E-state index in [1.807, 2.05) is 0 Å². The highest BCUT2D eigenvalue weighted by molar-refractivity contribution is 5.99. The number of hydrazone groups is 1. The largest absolute Gasteiger partial charge is 0.507 e. The molecular formula is C24H18N6O6. The molecule has 1 heterocycles. The van der Waals surface area contributed by atoms with Crippen molar-refractivity contribution in [1.29, 1.82) is 0 Å². The second-order valence-electron chi connectivity index (χ2n) is 7.49. The maximum Gasteiger partial charge on any atom is 0.272 e. The van der Waals surface area contributed by atoms with Crippen LogP contribution >= 0.6 is 0 Å². The van der Waals surface area contributed by atoms with Gasteiger partial charge in [-0.1, -0.05) is 36.4 Å². The van der Waals surface area contributed by atoms with Crippen molar-refractivity contribution in [1.82, 2.24) is 20.9 Å². The van der Waals surface area contributed by atoms with Gasteiger partial charge in [0.15, 0.2) is 6.04 Å². The van der Waals surface area contributed by atoms with Gasteiger partial charge in [-0.3, -0.25) is 24.5 Å². The molecule has 4 aromatic rings. The summed E-state index contributed by atoms with van der Waals surface area (Å²) in [6, 6.07) is 16.6. The van der Waals surface area contributed by atoms with Crippen molar-refractivity contribution in [3.05, 3.63) is 110 Å². The molecule has 0 aliphatic heterocycles. The minimum atomic E-state index is -1.38. The van der Waals surface area contributed by atoms with Crippen LogP contribution in [0.4, 0.5) is 5.69 Å². The van der Waals surface area contributed by atoms with Gasteiger partial charge in [-0.15, -0.1) is 0 Å². The number of phenols is 1. The topological polar surface area (TPSA) is 180 Å². The number of aromatic amines is 1. The number of amides is 2. The number of aromatic nitrogens is 2. The monoisotopic (exact) mass is 486 g/mol. The number of non-ortho nitro benzene ring substituents is 1. The Kier molecular flexibility index (Phi) is 6.77. The zero-order chi connectivity index (χ0) is 25.7. The van der Waals surface area contributed by atoms with Crippen LogP contribution < -0.4 is 16.3 Å². The van der Waals surface area contributed by atoms with Crippen LogP contribution in [0.5, 0.6) is 5.75 Å². The van der Waals surface area contributed by atoms with Crippen LogP contribution in [0.3, 0.4) is 0 Å². The van der Waals surface area contributed by atoms with Crippen molar-refractivity contribution in [2.75, 3.05) is 0 Å². The van der Waals surface area contributed by atoms with Crippen molar-refractivity contribution < 1.29 is 19.6 Å². The molecule has 0 saturated heterocycles. The van der Waals surface area contributed by atoms with Crippen LogP contribution in [0.15, 0.2) is 82.7 Å². The van der Waals surface area contributed by atoms with E-state index in [1.54, 1.807) is 54.6 Å². The minimum absolute atomic E-state index is 0.0120. The van der Waals surface area contributed by atoms with Crippen molar-refractivity contribution in [2.24, 2.45) is 5.10 Å². The minimum Gasteiger partial charge on any atom is -0.507 e. The lowest BCUT2D eigenvalue weighted by Crippen LogP contribution is -2.40. The zero-order valence-corrected chi connectivity index (χ0v) is 18.4. The Morgan fingerprint density at radius 2 is 1.75 bits per heavy atom. The second kappa shape index (κ2) is 10.3. The summed E-state index contributed by atoms with van der Waals surface area (Å²) in [7, 11) is 0. The lowest BCUT2D eigenvalue weighted by Gasteiger charge is -2.18. The van der Waals surface area contributed by atoms with Crippen molar-refractivity contribution in [3.8, 4) is 5.75 Å². The number of carbonyl (C=O) groups is 2. The summed E-state index contributed by atoms with van der Waals surface area (Å²) in [5.41, 5.74) is 1.84. The number of H-pyrrole nitrogens is 1. The molecule has 0 aliphatic rings. The number of hydrogen-bond acceptors (Lipinski definition) is 8. The number of nitro benzene ring substituents is 1. The fourth-order valence-electron chi connectivity index (χ4n) is 3.41. The first-order chi connectivity index (χ1) is 17.3. The standard InChI is InChI=1S/C24H18N6O6/c31-19-11-10-16(30(35)36)12-15(19)13-25-28-24(34)21(26-22(32)14-6-2-1-3-7-14)20-17-8-4-5-9-18(17)23(33)29-27-20/h1-13,21,31H,(H,26,32)(H,28,34)(H,29,33)/t21-/m0/s1. The second-order valence-corrected chi connectivity index (χ2v) is 7.49. The molecule has 0 aliphatic carbocycles. The lowest BCUT2D eigenvalue weighted by atomic mass is 10.0. The Labute approximate surface area is 202 Å². The molecule has 180 valence electrons. The van der Waals surface area contributed by atoms with Gasteiger partial charge in [0.2, 0.25) is 0 Å². The predicted octanol–water partition coefficient (Wildman–Crippen LogP) is 2.16. The summed E-state index contributed by atoms with van der Waals surface area (Å²) < 4.78 is 0. The van der Waals surface area contributed by atoms with E-state index < -0.39 is 28.3 Å². The molecule has 0 fully saturated rings. The van der Waals surface area contributed by atoms with E-state index in [0.29, 0.717) is 5.39 Å². The molecule has 12 nitrogen and oxygen atoms in total. The van der Waals surface area contributed by atoms with Gasteiger partial charge in [0.25, 0.3) is 23.1 Å². The third kappa shape index (κ3) is 5.07. The highest BCUT2D eigenvalue weighted by Gasteiger charge is 2.27. The maximum atomic E-state index is 13.1. The van der Waals surface area contributed by atoms with E-state index >= 15 is 0 Å². The van der Waals surface area contributed by atoms with Gasteiger partial charge in [-0.2, -0.15) is 10.2 Å². The van der Waals surface area contributed by atoms with E-state index in [9.17, 15) is 29.6 Å². The molecule has 0 radical (unpaired) electrons. The highest BCUT2D eigenvalue weighted by atomic mass is 16.6. The SMILES string of the molecule is O=C(N[C@H](C(=O)NN=Cc1cc([N+](=O)[O-])ccc1O)c1n[nH]c(=O)c2ccccc12)c1ccccc1. The van der Waals surface area contributed by atoms with Crippen LogP contribution in [-0.2, 0) is 4.79 Å². The smallest absolute Gasteiger partial charge is 0.272 e. The maximum absolute atomic E-state index is 13.1. The van der Waals surface area contributed by atoms with Crippen LogP contribution in [0.25, 0.3) is 10.8 Å². The Morgan fingerprint density at radius 3 is 2.47 bits per heavy atom. The van der Waals surface area contributed by atoms with Gasteiger partial charge >= 0.3 is 0 Å². The van der Waals surface area contributed by atoms with Crippen LogP contribution in [-0.4, -0.2) is 38.3 Å². The normalized spacial score (nSPS) is 11.8. The third-order valence-electron chi connectivity index (χ3n) is 5.17. The summed E-state index contributed by atoms with van der Waals surface area (Å²) in [4.78, 5) is 48.5. The van der Waals surface area contributed by atoms with Gasteiger partial charge in [0.1, 0.15) is 11.4 Å². The van der Waals surface area contributed by atoms with Gasteiger partial charge in [0.05, 0.1) is 16.5 Å². The van der Waals surface area contributed by atoms with Crippen LogP contribution in [0.1, 0.15) is 27.7 Å². The predicted molar refractivity (Wildman–Crippen MR) is 130 cm³/mol. The number of carbonyl (C=O) groups excluding carboxylic acids is 2. The first kappa shape index (κ1) is 23.8. The molecule has 3 aromatic carbocycles. The summed E-state index contributed by atoms with van der Waals surface area (Å²) in [6.07, 6.45) is 1.02. The highest BCUT2D eigenvalue weighted by Crippen LogP contribution is 2.22. The number of aromatic hydroxyl groups is 1. The molecule has 2 amide bonds. The molecule has 0 saturated carbocycles. The first-order valence-corrected chi connectivity index (χ1v) is 10.5. The summed E-state index contributed by atoms with van der Waals surface area (Å²) in [6.45, 7) is 0. The van der Waals surface area contributed by atoms with Crippen LogP contribution in [0, 0.1) is 10.1 Å². The molecule has 4 rings (SSSR count). The Morgan fingerprint density at radius 1 is 1.06 bits per heavy atom. The Balaban J connectivity index is 1.67. The van der Waals surface area contributed by atoms with Crippen molar-refractivity contribution in [2.45, 2.75) is 6.04 Å². The van der Waals surface area contributed by atoms with Gasteiger partial charge in [0, 0.05) is 28.6 Å². The molecular weight excluding hydrogens is 468 g/mol. The Hall–Kier alpha value is -5.39. The number of nitrogens with zero attached hydrogens (tertiary/aromatic N) is 3. The number of nitro groups is 1. The fraction of sp³-hybridized carbons (Fsp3) is 0.0417. The fourth-order valence-corrected chi connectivity index (χ4v) is 3.41. The van der Waals surface area contributed by atoms with Crippen LogP contribution in [0.2, 0.25) is 0 Å². The summed E-state index contributed by atoms with van der Waals surface area (Å²) in [5, 5.41) is 34.2. The quantitative estimate of drug-likeness (QED) is 0.175.